The van der Waals surface area contributed by atoms with Crippen LogP contribution in [0.3, 0.4) is 0 Å². The number of hydrogen-bond acceptors (Lipinski definition) is 2. The van der Waals surface area contributed by atoms with Crippen LogP contribution in [-0.2, 0) is 10.8 Å². The van der Waals surface area contributed by atoms with E-state index in [1.54, 1.807) is 0 Å². The Labute approximate surface area is 127 Å². The highest BCUT2D eigenvalue weighted by Gasteiger charge is 2.28. The van der Waals surface area contributed by atoms with E-state index in [1.165, 1.54) is 70.6 Å². The third-order valence-corrected chi connectivity index (χ3v) is 7.05. The van der Waals surface area contributed by atoms with Gasteiger partial charge in [-0.25, -0.2) is 0 Å². The number of nitrogens with one attached hydrogen (secondary N) is 1. The second-order valence-corrected chi connectivity index (χ2v) is 8.53. The van der Waals surface area contributed by atoms with Crippen LogP contribution < -0.4 is 5.32 Å². The maximum Gasteiger partial charge on any atom is 0.0394 e. The van der Waals surface area contributed by atoms with Gasteiger partial charge < -0.3 is 5.32 Å². The van der Waals surface area contributed by atoms with E-state index in [9.17, 15) is 4.21 Å². The number of hydrogen-bond donors (Lipinski definition) is 1. The van der Waals surface area contributed by atoms with Crippen LogP contribution in [-0.4, -0.2) is 27.8 Å². The summed E-state index contributed by atoms with van der Waals surface area (Å²) in [6.07, 6.45) is 14.4. The van der Waals surface area contributed by atoms with Gasteiger partial charge in [-0.15, -0.1) is 0 Å². The van der Waals surface area contributed by atoms with E-state index in [1.807, 2.05) is 0 Å². The third kappa shape index (κ3) is 5.14. The molecule has 118 valence electrons. The molecule has 2 unspecified atom stereocenters. The molecule has 2 aliphatic carbocycles. The minimum Gasteiger partial charge on any atom is -0.313 e. The molecule has 0 bridgehead atoms. The summed E-state index contributed by atoms with van der Waals surface area (Å²) in [5, 5.41) is 4.21. The van der Waals surface area contributed by atoms with Crippen LogP contribution in [0.2, 0.25) is 0 Å². The molecule has 0 spiro atoms. The molecule has 2 rings (SSSR count). The first-order valence-electron chi connectivity index (χ1n) is 8.91. The summed E-state index contributed by atoms with van der Waals surface area (Å²) in [4.78, 5) is 0. The quantitative estimate of drug-likeness (QED) is 0.769. The first-order chi connectivity index (χ1) is 9.81. The van der Waals surface area contributed by atoms with Gasteiger partial charge in [-0.1, -0.05) is 45.4 Å². The molecule has 2 atom stereocenters. The Bertz CT molecular complexity index is 283. The summed E-state index contributed by atoms with van der Waals surface area (Å²) in [7, 11) is -0.604. The van der Waals surface area contributed by atoms with Crippen LogP contribution in [0, 0.1) is 5.92 Å². The standard InChI is InChI=1S/C17H33NOS/c1-2-13-18-17(15-9-5-3-6-10-15)14-20(19)16-11-7-4-8-12-16/h15-18H,2-14H2,1H3. The maximum absolute atomic E-state index is 12.7. The molecule has 2 nitrogen and oxygen atoms in total. The zero-order chi connectivity index (χ0) is 14.2. The molecular formula is C17H33NOS. The summed E-state index contributed by atoms with van der Waals surface area (Å²) in [6, 6.07) is 0.512. The summed E-state index contributed by atoms with van der Waals surface area (Å²) in [5.41, 5.74) is 0. The Kier molecular flexibility index (Phi) is 7.58. The molecule has 0 aromatic heterocycles. The summed E-state index contributed by atoms with van der Waals surface area (Å²) < 4.78 is 12.7. The Morgan fingerprint density at radius 1 is 1.00 bits per heavy atom. The highest BCUT2D eigenvalue weighted by atomic mass is 32.2. The van der Waals surface area contributed by atoms with E-state index in [0.717, 1.165) is 18.2 Å². The van der Waals surface area contributed by atoms with Gasteiger partial charge in [-0.05, 0) is 44.6 Å². The lowest BCUT2D eigenvalue weighted by Gasteiger charge is -2.32. The minimum absolute atomic E-state index is 0.498. The maximum atomic E-state index is 12.7. The Balaban J connectivity index is 1.86. The first-order valence-corrected chi connectivity index (χ1v) is 10.3. The molecule has 0 saturated heterocycles. The van der Waals surface area contributed by atoms with E-state index in [0.29, 0.717) is 11.3 Å². The van der Waals surface area contributed by atoms with Crippen LogP contribution >= 0.6 is 0 Å². The van der Waals surface area contributed by atoms with Gasteiger partial charge in [-0.2, -0.15) is 0 Å². The van der Waals surface area contributed by atoms with Crippen molar-refractivity contribution in [1.82, 2.24) is 5.32 Å². The monoisotopic (exact) mass is 299 g/mol. The fourth-order valence-electron chi connectivity index (χ4n) is 3.87. The van der Waals surface area contributed by atoms with Crippen molar-refractivity contribution >= 4 is 10.8 Å². The van der Waals surface area contributed by atoms with Gasteiger partial charge in [-0.3, -0.25) is 4.21 Å². The molecule has 2 aliphatic rings. The molecule has 1 N–H and O–H groups in total. The van der Waals surface area contributed by atoms with Crippen LogP contribution in [0.15, 0.2) is 0 Å². The molecule has 0 aromatic carbocycles. The minimum atomic E-state index is -0.604. The van der Waals surface area contributed by atoms with Gasteiger partial charge >= 0.3 is 0 Å². The van der Waals surface area contributed by atoms with Crippen LogP contribution in [0.5, 0.6) is 0 Å². The van der Waals surface area contributed by atoms with E-state index < -0.39 is 10.8 Å². The normalized spacial score (nSPS) is 25.4. The van der Waals surface area contributed by atoms with Crippen LogP contribution in [0.1, 0.15) is 77.6 Å². The smallest absolute Gasteiger partial charge is 0.0394 e. The van der Waals surface area contributed by atoms with Crippen molar-refractivity contribution in [3.05, 3.63) is 0 Å². The van der Waals surface area contributed by atoms with Crippen LogP contribution in [0.25, 0.3) is 0 Å². The second-order valence-electron chi connectivity index (χ2n) is 6.77. The lowest BCUT2D eigenvalue weighted by atomic mass is 9.84. The van der Waals surface area contributed by atoms with E-state index in [2.05, 4.69) is 12.2 Å². The van der Waals surface area contributed by atoms with Gasteiger partial charge in [0.25, 0.3) is 0 Å². The van der Waals surface area contributed by atoms with E-state index >= 15 is 0 Å². The van der Waals surface area contributed by atoms with Gasteiger partial charge in [0.1, 0.15) is 0 Å². The molecule has 0 amide bonds. The van der Waals surface area contributed by atoms with Crippen molar-refractivity contribution in [2.45, 2.75) is 88.8 Å². The second kappa shape index (κ2) is 9.19. The summed E-state index contributed by atoms with van der Waals surface area (Å²) in [6.45, 7) is 3.31. The fraction of sp³-hybridized carbons (Fsp3) is 1.00. The molecule has 0 aliphatic heterocycles. The average Bonchev–Trinajstić information content (AvgIpc) is 2.53. The fourth-order valence-corrected chi connectivity index (χ4v) is 5.74. The zero-order valence-electron chi connectivity index (χ0n) is 13.2. The zero-order valence-corrected chi connectivity index (χ0v) is 14.1. The number of rotatable bonds is 7. The average molecular weight is 300 g/mol. The molecule has 20 heavy (non-hydrogen) atoms. The predicted molar refractivity (Wildman–Crippen MR) is 88.5 cm³/mol. The molecule has 2 fully saturated rings. The molecule has 0 radical (unpaired) electrons. The Morgan fingerprint density at radius 2 is 1.60 bits per heavy atom. The molecule has 2 saturated carbocycles. The molecular weight excluding hydrogens is 266 g/mol. The summed E-state index contributed by atoms with van der Waals surface area (Å²) in [5.74, 6) is 1.69. The molecule has 0 heterocycles. The largest absolute Gasteiger partial charge is 0.313 e. The van der Waals surface area contributed by atoms with Crippen molar-refractivity contribution in [3.8, 4) is 0 Å². The van der Waals surface area contributed by atoms with E-state index in [4.69, 9.17) is 0 Å². The lowest BCUT2D eigenvalue weighted by molar-refractivity contribution is 0.284. The van der Waals surface area contributed by atoms with Gasteiger partial charge in [0.2, 0.25) is 0 Å². The first kappa shape index (κ1) is 16.5. The highest BCUT2D eigenvalue weighted by Crippen LogP contribution is 2.28. The summed E-state index contributed by atoms with van der Waals surface area (Å²) >= 11 is 0. The third-order valence-electron chi connectivity index (χ3n) is 5.14. The molecule has 0 aromatic rings. The van der Waals surface area contributed by atoms with Crippen molar-refractivity contribution < 1.29 is 4.21 Å². The SMILES string of the molecule is CCCNC(CS(=O)C1CCCCC1)C1CCCCC1. The lowest BCUT2D eigenvalue weighted by Crippen LogP contribution is -2.43. The van der Waals surface area contributed by atoms with Crippen molar-refractivity contribution in [1.29, 1.82) is 0 Å². The van der Waals surface area contributed by atoms with Crippen molar-refractivity contribution in [2.75, 3.05) is 12.3 Å². The topological polar surface area (TPSA) is 29.1 Å². The Hall–Kier alpha value is 0.110. The van der Waals surface area contributed by atoms with E-state index in [-0.39, 0.29) is 0 Å². The van der Waals surface area contributed by atoms with Gasteiger partial charge in [0.05, 0.1) is 0 Å². The Morgan fingerprint density at radius 3 is 2.20 bits per heavy atom. The van der Waals surface area contributed by atoms with Gasteiger partial charge in [0.15, 0.2) is 0 Å². The van der Waals surface area contributed by atoms with Crippen molar-refractivity contribution in [2.24, 2.45) is 5.92 Å². The highest BCUT2D eigenvalue weighted by molar-refractivity contribution is 7.85. The predicted octanol–water partition coefficient (Wildman–Crippen LogP) is 4.02. The molecule has 3 heteroatoms. The van der Waals surface area contributed by atoms with Crippen molar-refractivity contribution in [3.63, 3.8) is 0 Å². The van der Waals surface area contributed by atoms with Gasteiger partial charge in [0, 0.05) is 27.8 Å². The van der Waals surface area contributed by atoms with Crippen LogP contribution in [0.4, 0.5) is 0 Å².